The molecule has 1 aliphatic heterocycles. The van der Waals surface area contributed by atoms with Crippen molar-refractivity contribution in [3.8, 4) is 11.5 Å². The Bertz CT molecular complexity index is 918. The normalized spacial score (nSPS) is 15.9. The van der Waals surface area contributed by atoms with Gasteiger partial charge in [0.15, 0.2) is 11.5 Å². The summed E-state index contributed by atoms with van der Waals surface area (Å²) in [5.41, 5.74) is 0.830. The number of carbonyl (C=O) groups is 1. The lowest BCUT2D eigenvalue weighted by Crippen LogP contribution is -2.43. The number of methoxy groups -OCH3 is 1. The van der Waals surface area contributed by atoms with E-state index in [0.717, 1.165) is 6.07 Å². The van der Waals surface area contributed by atoms with Crippen molar-refractivity contribution in [1.82, 2.24) is 4.90 Å². The summed E-state index contributed by atoms with van der Waals surface area (Å²) in [6, 6.07) is 7.25. The van der Waals surface area contributed by atoms with Crippen LogP contribution in [0.25, 0.3) is 0 Å². The predicted molar refractivity (Wildman–Crippen MR) is 100 cm³/mol. The molecule has 1 unspecified atom stereocenters. The number of nitrogens with zero attached hydrogens (tertiary/aromatic N) is 2. The summed E-state index contributed by atoms with van der Waals surface area (Å²) in [7, 11) is 1.35. The van der Waals surface area contributed by atoms with Crippen molar-refractivity contribution in [3.63, 3.8) is 0 Å². The minimum Gasteiger partial charge on any atom is -0.504 e. The van der Waals surface area contributed by atoms with Crippen molar-refractivity contribution in [2.45, 2.75) is 19.5 Å². The number of hydrogen-bond acceptors (Lipinski definition) is 6. The number of phenolic OH excluding ortho intramolecular Hbond substituents is 1. The van der Waals surface area contributed by atoms with Crippen LogP contribution in [-0.4, -0.2) is 34.5 Å². The van der Waals surface area contributed by atoms with Gasteiger partial charge in [-0.05, 0) is 30.7 Å². The van der Waals surface area contributed by atoms with E-state index in [0.29, 0.717) is 29.2 Å². The summed E-state index contributed by atoms with van der Waals surface area (Å²) in [4.78, 5) is 25.5. The second-order valence-corrected chi connectivity index (χ2v) is 6.51. The molecular weight excluding hydrogens is 374 g/mol. The van der Waals surface area contributed by atoms with Gasteiger partial charge >= 0.3 is 0 Å². The average Bonchev–Trinajstić information content (AvgIpc) is 2.63. The second kappa shape index (κ2) is 7.32. The lowest BCUT2D eigenvalue weighted by atomic mass is 10.0. The number of ether oxygens (including phenoxy) is 1. The van der Waals surface area contributed by atoms with Crippen LogP contribution >= 0.6 is 11.6 Å². The van der Waals surface area contributed by atoms with Gasteiger partial charge in [-0.15, -0.1) is 0 Å². The van der Waals surface area contributed by atoms with Crippen LogP contribution < -0.4 is 10.1 Å². The number of amides is 1. The Hall–Kier alpha value is -3.00. The van der Waals surface area contributed by atoms with Gasteiger partial charge in [0.25, 0.3) is 11.6 Å². The molecule has 1 amide bonds. The molecule has 0 bridgehead atoms. The van der Waals surface area contributed by atoms with Crippen LogP contribution in [0.5, 0.6) is 11.5 Å². The largest absolute Gasteiger partial charge is 0.504 e. The van der Waals surface area contributed by atoms with Gasteiger partial charge in [0.1, 0.15) is 6.17 Å². The molecule has 142 valence electrons. The zero-order valence-electron chi connectivity index (χ0n) is 14.7. The van der Waals surface area contributed by atoms with Gasteiger partial charge < -0.3 is 20.1 Å². The fourth-order valence-electron chi connectivity index (χ4n) is 3.15. The summed E-state index contributed by atoms with van der Waals surface area (Å²) >= 11 is 6.04. The third-order valence-electron chi connectivity index (χ3n) is 4.36. The maximum absolute atomic E-state index is 13.0. The van der Waals surface area contributed by atoms with Gasteiger partial charge in [0.05, 0.1) is 34.9 Å². The van der Waals surface area contributed by atoms with Crippen molar-refractivity contribution in [1.29, 1.82) is 0 Å². The molecule has 0 saturated carbocycles. The first-order chi connectivity index (χ1) is 12.9. The average molecular weight is 392 g/mol. The summed E-state index contributed by atoms with van der Waals surface area (Å²) in [5, 5.41) is 25.1. The molecule has 0 saturated heterocycles. The fraction of sp³-hybridized carbons (Fsp3) is 0.278. The van der Waals surface area contributed by atoms with Crippen LogP contribution in [0.3, 0.4) is 0 Å². The van der Waals surface area contributed by atoms with Gasteiger partial charge in [-0.25, -0.2) is 0 Å². The molecule has 9 heteroatoms. The molecule has 2 aromatic carbocycles. The molecule has 2 N–H and O–H groups in total. The van der Waals surface area contributed by atoms with Gasteiger partial charge in [-0.1, -0.05) is 18.5 Å². The third kappa shape index (κ3) is 3.35. The smallest absolute Gasteiger partial charge is 0.280 e. The Labute approximate surface area is 160 Å². The number of carbonyl (C=O) groups excluding carboxylic acids is 1. The third-order valence-corrected chi connectivity index (χ3v) is 4.60. The Balaban J connectivity index is 2.19. The SMILES string of the molecule is CCCN1C(=O)c2ccc(Cl)cc2NC1c1cc(OC)c(O)cc1[N+](=O)[O-]. The Morgan fingerprint density at radius 2 is 2.11 bits per heavy atom. The van der Waals surface area contributed by atoms with E-state index >= 15 is 0 Å². The first-order valence-corrected chi connectivity index (χ1v) is 8.67. The number of phenols is 1. The summed E-state index contributed by atoms with van der Waals surface area (Å²) in [6.45, 7) is 2.30. The Morgan fingerprint density at radius 3 is 2.74 bits per heavy atom. The van der Waals surface area contributed by atoms with Crippen molar-refractivity contribution in [2.24, 2.45) is 0 Å². The van der Waals surface area contributed by atoms with Crippen LogP contribution in [0, 0.1) is 10.1 Å². The van der Waals surface area contributed by atoms with E-state index in [9.17, 15) is 20.0 Å². The highest BCUT2D eigenvalue weighted by Crippen LogP contribution is 2.42. The number of aromatic hydroxyl groups is 1. The topological polar surface area (TPSA) is 105 Å². The number of fused-ring (bicyclic) bond motifs is 1. The highest BCUT2D eigenvalue weighted by Gasteiger charge is 2.37. The van der Waals surface area contributed by atoms with E-state index in [-0.39, 0.29) is 28.7 Å². The minimum atomic E-state index is -0.807. The van der Waals surface area contributed by atoms with E-state index < -0.39 is 11.1 Å². The molecule has 0 radical (unpaired) electrons. The van der Waals surface area contributed by atoms with E-state index in [1.807, 2.05) is 6.92 Å². The van der Waals surface area contributed by atoms with Crippen molar-refractivity contribution in [2.75, 3.05) is 19.0 Å². The van der Waals surface area contributed by atoms with Gasteiger partial charge in [0.2, 0.25) is 0 Å². The summed E-state index contributed by atoms with van der Waals surface area (Å²) in [5.74, 6) is -0.521. The lowest BCUT2D eigenvalue weighted by Gasteiger charge is -2.38. The maximum Gasteiger partial charge on any atom is 0.280 e. The number of nitro benzene ring substituents is 1. The molecule has 8 nitrogen and oxygen atoms in total. The quantitative estimate of drug-likeness (QED) is 0.590. The van der Waals surface area contributed by atoms with Gasteiger partial charge in [-0.3, -0.25) is 14.9 Å². The molecule has 2 aromatic rings. The van der Waals surface area contributed by atoms with Crippen LogP contribution in [0.1, 0.15) is 35.4 Å². The van der Waals surface area contributed by atoms with E-state index in [1.54, 1.807) is 18.2 Å². The maximum atomic E-state index is 13.0. The van der Waals surface area contributed by atoms with Crippen molar-refractivity contribution < 1.29 is 19.6 Å². The van der Waals surface area contributed by atoms with Gasteiger partial charge in [-0.2, -0.15) is 0 Å². The molecule has 1 atom stereocenters. The van der Waals surface area contributed by atoms with Crippen LogP contribution in [0.15, 0.2) is 30.3 Å². The summed E-state index contributed by atoms with van der Waals surface area (Å²) < 4.78 is 5.10. The first kappa shape index (κ1) is 18.8. The number of nitrogens with one attached hydrogen (secondary N) is 1. The number of benzene rings is 2. The highest BCUT2D eigenvalue weighted by atomic mass is 35.5. The van der Waals surface area contributed by atoms with E-state index in [1.165, 1.54) is 18.1 Å². The molecule has 0 aromatic heterocycles. The van der Waals surface area contributed by atoms with Crippen molar-refractivity contribution >= 4 is 28.9 Å². The number of nitro groups is 1. The molecular formula is C18H18ClN3O5. The minimum absolute atomic E-state index is 0.0817. The number of rotatable bonds is 5. The zero-order chi connectivity index (χ0) is 19.7. The van der Waals surface area contributed by atoms with E-state index in [4.69, 9.17) is 16.3 Å². The molecule has 1 aliphatic rings. The summed E-state index contributed by atoms with van der Waals surface area (Å²) in [6.07, 6.45) is -0.145. The zero-order valence-corrected chi connectivity index (χ0v) is 15.5. The number of halogens is 1. The standard InChI is InChI=1S/C18H18ClN3O5/c1-3-6-21-17(20-13-7-10(19)4-5-11(13)18(21)24)12-8-16(27-2)15(23)9-14(12)22(25)26/h4-5,7-9,17,20,23H,3,6H2,1-2H3. The van der Waals surface area contributed by atoms with Crippen molar-refractivity contribution in [3.05, 3.63) is 56.6 Å². The molecule has 3 rings (SSSR count). The molecule has 0 aliphatic carbocycles. The molecule has 0 fully saturated rings. The molecule has 27 heavy (non-hydrogen) atoms. The Kier molecular flexibility index (Phi) is 5.09. The van der Waals surface area contributed by atoms with Gasteiger partial charge in [0, 0.05) is 11.6 Å². The lowest BCUT2D eigenvalue weighted by molar-refractivity contribution is -0.386. The molecule has 0 spiro atoms. The van der Waals surface area contributed by atoms with Crippen LogP contribution in [0.2, 0.25) is 5.02 Å². The molecule has 1 heterocycles. The number of hydrogen-bond donors (Lipinski definition) is 2. The second-order valence-electron chi connectivity index (χ2n) is 6.08. The fourth-order valence-corrected chi connectivity index (χ4v) is 3.32. The monoisotopic (exact) mass is 391 g/mol. The highest BCUT2D eigenvalue weighted by molar-refractivity contribution is 6.31. The first-order valence-electron chi connectivity index (χ1n) is 8.29. The Morgan fingerprint density at radius 1 is 1.37 bits per heavy atom. The number of anilines is 1. The predicted octanol–water partition coefficient (Wildman–Crippen LogP) is 3.94. The van der Waals surface area contributed by atoms with Crippen LogP contribution in [-0.2, 0) is 0 Å². The van der Waals surface area contributed by atoms with Crippen LogP contribution in [0.4, 0.5) is 11.4 Å². The van der Waals surface area contributed by atoms with E-state index in [2.05, 4.69) is 5.32 Å².